The van der Waals surface area contributed by atoms with Gasteiger partial charge in [0.05, 0.1) is 24.7 Å². The minimum absolute atomic E-state index is 0.0472. The summed E-state index contributed by atoms with van der Waals surface area (Å²) in [5.74, 6) is 0.229. The van der Waals surface area contributed by atoms with E-state index in [0.717, 1.165) is 6.42 Å². The topological polar surface area (TPSA) is 137 Å². The smallest absolute Gasteiger partial charge is 0.280 e. The molecular formula is C16H18N6O4. The Kier molecular flexibility index (Phi) is 4.19. The number of hydrogen-bond donors (Lipinski definition) is 5. The van der Waals surface area contributed by atoms with Gasteiger partial charge in [0.25, 0.3) is 5.56 Å². The standard InChI is InChI=1S/C16H18N6O4/c23-7-9-5-6-12(26-9)22-8-17-13-14(22)18-16(19-15(13)25)21-20-10-3-1-2-4-11(10)24/h1-4,8-9,12,20,23-24H,5-7H2,(H2,18,19,21,25)/t9-,12+/m0/s1. The van der Waals surface area contributed by atoms with Gasteiger partial charge in [0.15, 0.2) is 11.2 Å². The summed E-state index contributed by atoms with van der Waals surface area (Å²) in [6.07, 6.45) is 2.39. The number of rotatable bonds is 5. The van der Waals surface area contributed by atoms with Crippen LogP contribution in [-0.4, -0.2) is 42.4 Å². The summed E-state index contributed by atoms with van der Waals surface area (Å²) in [4.78, 5) is 23.3. The van der Waals surface area contributed by atoms with Crippen LogP contribution in [0.2, 0.25) is 0 Å². The second-order valence-electron chi connectivity index (χ2n) is 5.98. The summed E-state index contributed by atoms with van der Waals surface area (Å²) in [6.45, 7) is -0.0472. The van der Waals surface area contributed by atoms with E-state index in [1.54, 1.807) is 22.8 Å². The lowest BCUT2D eigenvalue weighted by Crippen LogP contribution is -2.19. The Morgan fingerprint density at radius 3 is 2.92 bits per heavy atom. The van der Waals surface area contributed by atoms with E-state index in [1.807, 2.05) is 0 Å². The highest BCUT2D eigenvalue weighted by Crippen LogP contribution is 2.29. The number of phenolic OH excluding ortho intramolecular Hbond substituents is 1. The van der Waals surface area contributed by atoms with Crippen LogP contribution >= 0.6 is 0 Å². The van der Waals surface area contributed by atoms with Crippen LogP contribution in [0.4, 0.5) is 11.6 Å². The molecule has 0 aliphatic carbocycles. The normalized spacial score (nSPS) is 19.7. The zero-order valence-electron chi connectivity index (χ0n) is 13.7. The van der Waals surface area contributed by atoms with Gasteiger partial charge in [0.1, 0.15) is 12.0 Å². The van der Waals surface area contributed by atoms with Gasteiger partial charge in [-0.2, -0.15) is 4.98 Å². The van der Waals surface area contributed by atoms with Crippen molar-refractivity contribution in [1.29, 1.82) is 0 Å². The van der Waals surface area contributed by atoms with E-state index in [0.29, 0.717) is 17.8 Å². The van der Waals surface area contributed by atoms with Crippen molar-refractivity contribution in [2.75, 3.05) is 17.5 Å². The van der Waals surface area contributed by atoms with Crippen LogP contribution < -0.4 is 16.4 Å². The number of aliphatic hydroxyl groups excluding tert-OH is 1. The highest BCUT2D eigenvalue weighted by atomic mass is 16.5. The van der Waals surface area contributed by atoms with Gasteiger partial charge in [-0.05, 0) is 25.0 Å². The van der Waals surface area contributed by atoms with Crippen molar-refractivity contribution < 1.29 is 14.9 Å². The van der Waals surface area contributed by atoms with Crippen LogP contribution in [0.3, 0.4) is 0 Å². The SMILES string of the molecule is O=c1[nH]c(NNc2ccccc2O)nc2c1ncn2[C@H]1CC[C@@H](CO)O1. The molecule has 3 aromatic rings. The molecule has 5 N–H and O–H groups in total. The molecule has 1 aliphatic rings. The fourth-order valence-electron chi connectivity index (χ4n) is 2.93. The van der Waals surface area contributed by atoms with Crippen LogP contribution in [0.25, 0.3) is 11.2 Å². The first kappa shape index (κ1) is 16.4. The molecule has 3 heterocycles. The van der Waals surface area contributed by atoms with Gasteiger partial charge in [0.2, 0.25) is 5.95 Å². The quantitative estimate of drug-likeness (QED) is 0.336. The van der Waals surface area contributed by atoms with Gasteiger partial charge in [-0.3, -0.25) is 25.2 Å². The number of aromatic nitrogens is 4. The van der Waals surface area contributed by atoms with Crippen molar-refractivity contribution in [1.82, 2.24) is 19.5 Å². The van der Waals surface area contributed by atoms with E-state index >= 15 is 0 Å². The first-order valence-corrected chi connectivity index (χ1v) is 8.19. The number of aliphatic hydroxyl groups is 1. The van der Waals surface area contributed by atoms with Gasteiger partial charge in [-0.15, -0.1) is 0 Å². The third kappa shape index (κ3) is 2.95. The number of anilines is 2. The lowest BCUT2D eigenvalue weighted by Gasteiger charge is -2.14. The second-order valence-corrected chi connectivity index (χ2v) is 5.98. The van der Waals surface area contributed by atoms with E-state index in [-0.39, 0.29) is 36.2 Å². The number of nitrogens with one attached hydrogen (secondary N) is 3. The minimum atomic E-state index is -0.396. The Bertz CT molecular complexity index is 984. The van der Waals surface area contributed by atoms with Crippen LogP contribution in [0.5, 0.6) is 5.75 Å². The molecule has 0 spiro atoms. The molecule has 0 saturated carbocycles. The van der Waals surface area contributed by atoms with Crippen molar-refractivity contribution in [3.63, 3.8) is 0 Å². The molecule has 0 unspecified atom stereocenters. The number of hydrazine groups is 1. The number of aromatic hydroxyl groups is 1. The zero-order valence-corrected chi connectivity index (χ0v) is 13.7. The van der Waals surface area contributed by atoms with Gasteiger partial charge < -0.3 is 14.9 Å². The van der Waals surface area contributed by atoms with E-state index in [2.05, 4.69) is 25.8 Å². The Morgan fingerprint density at radius 2 is 2.15 bits per heavy atom. The molecule has 1 saturated heterocycles. The van der Waals surface area contributed by atoms with Crippen molar-refractivity contribution in [3.8, 4) is 5.75 Å². The molecule has 1 aliphatic heterocycles. The highest BCUT2D eigenvalue weighted by Gasteiger charge is 2.28. The molecule has 136 valence electrons. The number of ether oxygens (including phenoxy) is 1. The number of hydrogen-bond acceptors (Lipinski definition) is 8. The predicted molar refractivity (Wildman–Crippen MR) is 93.7 cm³/mol. The summed E-state index contributed by atoms with van der Waals surface area (Å²) >= 11 is 0. The Labute approximate surface area is 147 Å². The van der Waals surface area contributed by atoms with Gasteiger partial charge in [-0.25, -0.2) is 4.98 Å². The molecular weight excluding hydrogens is 340 g/mol. The summed E-state index contributed by atoms with van der Waals surface area (Å²) < 4.78 is 7.43. The maximum Gasteiger partial charge on any atom is 0.280 e. The van der Waals surface area contributed by atoms with Crippen molar-refractivity contribution >= 4 is 22.8 Å². The van der Waals surface area contributed by atoms with Gasteiger partial charge in [-0.1, -0.05) is 12.1 Å². The Balaban J connectivity index is 1.62. The number of imidazole rings is 1. The first-order valence-electron chi connectivity index (χ1n) is 8.19. The molecule has 26 heavy (non-hydrogen) atoms. The third-order valence-electron chi connectivity index (χ3n) is 4.25. The molecule has 0 bridgehead atoms. The molecule has 0 amide bonds. The maximum absolute atomic E-state index is 12.3. The number of benzene rings is 1. The summed E-state index contributed by atoms with van der Waals surface area (Å²) in [6, 6.07) is 6.66. The van der Waals surface area contributed by atoms with Crippen molar-refractivity contribution in [2.24, 2.45) is 0 Å². The Morgan fingerprint density at radius 1 is 1.31 bits per heavy atom. The number of para-hydroxylation sites is 2. The molecule has 10 heteroatoms. The third-order valence-corrected chi connectivity index (χ3v) is 4.25. The van der Waals surface area contributed by atoms with E-state index in [4.69, 9.17) is 4.74 Å². The first-order chi connectivity index (χ1) is 12.7. The number of H-pyrrole nitrogens is 1. The summed E-state index contributed by atoms with van der Waals surface area (Å²) in [5, 5.41) is 19.0. The van der Waals surface area contributed by atoms with E-state index in [1.165, 1.54) is 12.4 Å². The van der Waals surface area contributed by atoms with E-state index < -0.39 is 5.56 Å². The summed E-state index contributed by atoms with van der Waals surface area (Å²) in [7, 11) is 0. The fraction of sp³-hybridized carbons (Fsp3) is 0.312. The van der Waals surface area contributed by atoms with Gasteiger partial charge >= 0.3 is 0 Å². The second kappa shape index (κ2) is 6.65. The zero-order chi connectivity index (χ0) is 18.1. The lowest BCUT2D eigenvalue weighted by molar-refractivity contribution is -0.0207. The number of fused-ring (bicyclic) bond motifs is 1. The fourth-order valence-corrected chi connectivity index (χ4v) is 2.93. The summed E-state index contributed by atoms with van der Waals surface area (Å²) in [5.41, 5.74) is 6.17. The predicted octanol–water partition coefficient (Wildman–Crippen LogP) is 0.934. The number of aromatic amines is 1. The van der Waals surface area contributed by atoms with Crippen LogP contribution in [0.15, 0.2) is 35.4 Å². The monoisotopic (exact) mass is 358 g/mol. The average molecular weight is 358 g/mol. The minimum Gasteiger partial charge on any atom is -0.506 e. The molecule has 1 aromatic carbocycles. The van der Waals surface area contributed by atoms with E-state index in [9.17, 15) is 15.0 Å². The van der Waals surface area contributed by atoms with Crippen LogP contribution in [0, 0.1) is 0 Å². The van der Waals surface area contributed by atoms with Crippen molar-refractivity contribution in [3.05, 3.63) is 40.9 Å². The average Bonchev–Trinajstić information content (AvgIpc) is 3.27. The number of nitrogens with zero attached hydrogens (tertiary/aromatic N) is 3. The van der Waals surface area contributed by atoms with Gasteiger partial charge in [0, 0.05) is 0 Å². The molecule has 0 radical (unpaired) electrons. The molecule has 10 nitrogen and oxygen atoms in total. The lowest BCUT2D eigenvalue weighted by atomic mass is 10.2. The van der Waals surface area contributed by atoms with Crippen LogP contribution in [0.1, 0.15) is 19.1 Å². The highest BCUT2D eigenvalue weighted by molar-refractivity contribution is 5.71. The molecule has 2 aromatic heterocycles. The maximum atomic E-state index is 12.3. The van der Waals surface area contributed by atoms with Crippen molar-refractivity contribution in [2.45, 2.75) is 25.2 Å². The number of phenols is 1. The largest absolute Gasteiger partial charge is 0.506 e. The van der Waals surface area contributed by atoms with Crippen LogP contribution in [-0.2, 0) is 4.74 Å². The molecule has 1 fully saturated rings. The molecule has 4 rings (SSSR count). The molecule has 2 atom stereocenters. The Hall–Kier alpha value is -3.11.